The largest absolute Gasteiger partial charge is 0.497 e. The smallest absolute Gasteiger partial charge is 0.235 e. The monoisotopic (exact) mass is 304 g/mol. The van der Waals surface area contributed by atoms with Crippen LogP contribution in [-0.2, 0) is 16.6 Å². The molecule has 1 aliphatic heterocycles. The van der Waals surface area contributed by atoms with Gasteiger partial charge in [-0.3, -0.25) is 4.79 Å². The summed E-state index contributed by atoms with van der Waals surface area (Å²) in [5, 5.41) is 12.3. The number of nitrogens with one attached hydrogen (secondary N) is 1. The average Bonchev–Trinajstić information content (AvgIpc) is 3.21. The molecule has 2 aromatic rings. The van der Waals surface area contributed by atoms with Crippen LogP contribution >= 0.6 is 0 Å². The molecule has 2 aliphatic rings. The number of carbonyl (C=O) groups excluding carboxylic acids is 1. The number of benzene rings is 2. The van der Waals surface area contributed by atoms with E-state index in [2.05, 4.69) is 11.4 Å². The molecule has 23 heavy (non-hydrogen) atoms. The second kappa shape index (κ2) is 4.85. The molecule has 1 aliphatic carbocycles. The molecule has 1 fully saturated rings. The second-order valence-electron chi connectivity index (χ2n) is 6.22. The van der Waals surface area contributed by atoms with Gasteiger partial charge in [-0.1, -0.05) is 18.2 Å². The lowest BCUT2D eigenvalue weighted by Gasteiger charge is -2.10. The van der Waals surface area contributed by atoms with Crippen molar-refractivity contribution < 1.29 is 9.53 Å². The van der Waals surface area contributed by atoms with Crippen LogP contribution in [-0.4, -0.2) is 13.0 Å². The Morgan fingerprint density at radius 1 is 1.30 bits per heavy atom. The molecule has 4 rings (SSSR count). The lowest BCUT2D eigenvalue weighted by atomic mass is 9.89. The van der Waals surface area contributed by atoms with Gasteiger partial charge in [-0.2, -0.15) is 5.26 Å². The molecule has 0 aromatic heterocycles. The Kier molecular flexibility index (Phi) is 2.92. The fourth-order valence-electron chi connectivity index (χ4n) is 3.78. The van der Waals surface area contributed by atoms with E-state index in [1.165, 1.54) is 5.56 Å². The number of nitriles is 1. The number of rotatable bonds is 3. The molecule has 0 bridgehead atoms. The molecule has 1 N–H and O–H groups in total. The van der Waals surface area contributed by atoms with E-state index in [-0.39, 0.29) is 11.8 Å². The highest BCUT2D eigenvalue weighted by atomic mass is 16.5. The minimum atomic E-state index is -0.512. The summed E-state index contributed by atoms with van der Waals surface area (Å²) in [6.45, 7) is 0. The topological polar surface area (TPSA) is 62.1 Å². The average molecular weight is 304 g/mol. The highest BCUT2D eigenvalue weighted by molar-refractivity contribution is 6.09. The number of anilines is 1. The van der Waals surface area contributed by atoms with E-state index in [4.69, 9.17) is 4.74 Å². The van der Waals surface area contributed by atoms with Crippen LogP contribution in [0.25, 0.3) is 0 Å². The molecule has 0 radical (unpaired) electrons. The molecule has 1 heterocycles. The summed E-state index contributed by atoms with van der Waals surface area (Å²) in [7, 11) is 1.65. The molecule has 2 atom stereocenters. The van der Waals surface area contributed by atoms with E-state index in [9.17, 15) is 10.1 Å². The van der Waals surface area contributed by atoms with Gasteiger partial charge in [0.1, 0.15) is 5.75 Å². The zero-order chi connectivity index (χ0) is 16.0. The first-order chi connectivity index (χ1) is 11.2. The highest BCUT2D eigenvalue weighted by Gasteiger charge is 2.65. The first-order valence-corrected chi connectivity index (χ1v) is 7.67. The maximum absolute atomic E-state index is 12.5. The summed E-state index contributed by atoms with van der Waals surface area (Å²) in [6, 6.07) is 15.7. The summed E-state index contributed by atoms with van der Waals surface area (Å²) < 4.78 is 5.18. The summed E-state index contributed by atoms with van der Waals surface area (Å²) in [5.74, 6) is 1.11. The van der Waals surface area contributed by atoms with E-state index < -0.39 is 5.41 Å². The molecular formula is C19H16N2O2. The number of nitrogens with zero attached hydrogens (tertiary/aromatic N) is 1. The quantitative estimate of drug-likeness (QED) is 0.948. The van der Waals surface area contributed by atoms with Crippen molar-refractivity contribution in [2.24, 2.45) is 5.92 Å². The predicted molar refractivity (Wildman–Crippen MR) is 86.3 cm³/mol. The third kappa shape index (κ3) is 1.93. The van der Waals surface area contributed by atoms with Gasteiger partial charge in [-0.05, 0) is 48.6 Å². The Hall–Kier alpha value is -2.80. The number of hydrogen-bond acceptors (Lipinski definition) is 3. The van der Waals surface area contributed by atoms with Crippen molar-refractivity contribution in [2.45, 2.75) is 18.3 Å². The van der Waals surface area contributed by atoms with Crippen LogP contribution in [0.15, 0.2) is 42.5 Å². The van der Waals surface area contributed by atoms with E-state index in [1.807, 2.05) is 36.4 Å². The third-order valence-corrected chi connectivity index (χ3v) is 5.03. The van der Waals surface area contributed by atoms with Crippen molar-refractivity contribution in [1.82, 2.24) is 0 Å². The molecule has 4 heteroatoms. The molecule has 1 saturated carbocycles. The van der Waals surface area contributed by atoms with Gasteiger partial charge in [-0.15, -0.1) is 0 Å². The highest BCUT2D eigenvalue weighted by Crippen LogP contribution is 2.61. The summed E-state index contributed by atoms with van der Waals surface area (Å²) in [5.41, 5.74) is 2.97. The molecule has 1 amide bonds. The van der Waals surface area contributed by atoms with Crippen LogP contribution in [0.3, 0.4) is 0 Å². The maximum Gasteiger partial charge on any atom is 0.235 e. The van der Waals surface area contributed by atoms with Gasteiger partial charge in [-0.25, -0.2) is 0 Å². The zero-order valence-corrected chi connectivity index (χ0v) is 12.8. The standard InChI is InChI=1S/C19H16N2O2/c1-23-15-7-5-12(6-8-15)9-14-10-19(14)17-13(11-20)3-2-4-16(17)21-18(19)22/h2-8,14H,9-10H2,1H3,(H,21,22)/t14?,19-/m1/s1. The van der Waals surface area contributed by atoms with Crippen LogP contribution in [0.4, 0.5) is 5.69 Å². The molecule has 1 spiro atoms. The van der Waals surface area contributed by atoms with Gasteiger partial charge < -0.3 is 10.1 Å². The first kappa shape index (κ1) is 13.8. The minimum Gasteiger partial charge on any atom is -0.497 e. The summed E-state index contributed by atoms with van der Waals surface area (Å²) in [4.78, 5) is 12.5. The molecule has 1 unspecified atom stereocenters. The van der Waals surface area contributed by atoms with Gasteiger partial charge in [0.2, 0.25) is 5.91 Å². The van der Waals surface area contributed by atoms with Crippen LogP contribution in [0, 0.1) is 17.2 Å². The fraction of sp³-hybridized carbons (Fsp3) is 0.263. The van der Waals surface area contributed by atoms with E-state index >= 15 is 0 Å². The Morgan fingerprint density at radius 2 is 2.09 bits per heavy atom. The Morgan fingerprint density at radius 3 is 2.78 bits per heavy atom. The molecule has 114 valence electrons. The van der Waals surface area contributed by atoms with Gasteiger partial charge in [0.15, 0.2) is 0 Å². The minimum absolute atomic E-state index is 0.0358. The van der Waals surface area contributed by atoms with Crippen LogP contribution < -0.4 is 10.1 Å². The van der Waals surface area contributed by atoms with Crippen molar-refractivity contribution in [1.29, 1.82) is 5.26 Å². The Balaban J connectivity index is 1.65. The normalized spacial score (nSPS) is 24.0. The third-order valence-electron chi connectivity index (χ3n) is 5.03. The second-order valence-corrected chi connectivity index (χ2v) is 6.22. The lowest BCUT2D eigenvalue weighted by Crippen LogP contribution is -2.22. The van der Waals surface area contributed by atoms with Gasteiger partial charge in [0.25, 0.3) is 0 Å². The number of carbonyl (C=O) groups is 1. The predicted octanol–water partition coefficient (Wildman–Crippen LogP) is 3.02. The van der Waals surface area contributed by atoms with E-state index in [1.54, 1.807) is 13.2 Å². The van der Waals surface area contributed by atoms with Gasteiger partial charge >= 0.3 is 0 Å². The Bertz CT molecular complexity index is 835. The summed E-state index contributed by atoms with van der Waals surface area (Å²) >= 11 is 0. The number of hydrogen-bond donors (Lipinski definition) is 1. The van der Waals surface area contributed by atoms with Crippen LogP contribution in [0.1, 0.15) is 23.1 Å². The maximum atomic E-state index is 12.5. The SMILES string of the molecule is COc1ccc(CC2C[C@@]23C(=O)Nc2cccc(C#N)c23)cc1. The number of amides is 1. The molecular weight excluding hydrogens is 288 g/mol. The van der Waals surface area contributed by atoms with Gasteiger partial charge in [0.05, 0.1) is 24.2 Å². The van der Waals surface area contributed by atoms with Crippen molar-refractivity contribution in [3.8, 4) is 11.8 Å². The van der Waals surface area contributed by atoms with E-state index in [0.29, 0.717) is 5.56 Å². The molecule has 0 saturated heterocycles. The van der Waals surface area contributed by atoms with Crippen LogP contribution in [0.5, 0.6) is 5.75 Å². The van der Waals surface area contributed by atoms with Crippen molar-refractivity contribution in [2.75, 3.05) is 12.4 Å². The summed E-state index contributed by atoms with van der Waals surface area (Å²) in [6.07, 6.45) is 1.63. The fourth-order valence-corrected chi connectivity index (χ4v) is 3.78. The first-order valence-electron chi connectivity index (χ1n) is 7.67. The lowest BCUT2D eigenvalue weighted by molar-refractivity contribution is -0.118. The van der Waals surface area contributed by atoms with Crippen LogP contribution in [0.2, 0.25) is 0 Å². The Labute approximate surface area is 134 Å². The van der Waals surface area contributed by atoms with Crippen molar-refractivity contribution in [3.63, 3.8) is 0 Å². The van der Waals surface area contributed by atoms with E-state index in [0.717, 1.165) is 29.8 Å². The molecule has 4 nitrogen and oxygen atoms in total. The van der Waals surface area contributed by atoms with Crippen molar-refractivity contribution in [3.05, 3.63) is 59.2 Å². The number of fused-ring (bicyclic) bond motifs is 2. The zero-order valence-electron chi connectivity index (χ0n) is 12.8. The van der Waals surface area contributed by atoms with Gasteiger partial charge in [0, 0.05) is 11.3 Å². The molecule has 2 aromatic carbocycles. The number of ether oxygens (including phenoxy) is 1. The van der Waals surface area contributed by atoms with Crippen molar-refractivity contribution >= 4 is 11.6 Å². The number of methoxy groups -OCH3 is 1.